The molecule has 0 saturated carbocycles. The number of rotatable bonds is 3. The summed E-state index contributed by atoms with van der Waals surface area (Å²) in [6, 6.07) is 10.1. The lowest BCUT2D eigenvalue weighted by molar-refractivity contribution is 0.482. The molecule has 0 heterocycles. The third-order valence-electron chi connectivity index (χ3n) is 3.53. The molecule has 0 bridgehead atoms. The summed E-state index contributed by atoms with van der Waals surface area (Å²) in [5, 5.41) is 5.27. The van der Waals surface area contributed by atoms with Crippen molar-refractivity contribution in [3.63, 3.8) is 0 Å². The van der Waals surface area contributed by atoms with Gasteiger partial charge in [-0.25, -0.2) is 13.6 Å². The molecule has 0 atom stereocenters. The average Bonchev–Trinajstić information content (AvgIpc) is 2.87. The largest absolute Gasteiger partial charge is 0.456 e. The lowest BCUT2D eigenvalue weighted by Gasteiger charge is -2.10. The van der Waals surface area contributed by atoms with Crippen LogP contribution in [-0.4, -0.2) is 8.42 Å². The molecule has 2 aromatic carbocycles. The summed E-state index contributed by atoms with van der Waals surface area (Å²) in [6.45, 7) is 0. The smallest absolute Gasteiger partial charge is 0.238 e. The van der Waals surface area contributed by atoms with Crippen LogP contribution in [0.5, 0.6) is 11.5 Å². The van der Waals surface area contributed by atoms with E-state index >= 15 is 0 Å². The summed E-state index contributed by atoms with van der Waals surface area (Å²) in [4.78, 5) is -0.0335. The van der Waals surface area contributed by atoms with Crippen LogP contribution in [-0.2, 0) is 22.9 Å². The van der Waals surface area contributed by atoms with Crippen molar-refractivity contribution < 1.29 is 13.2 Å². The van der Waals surface area contributed by atoms with Gasteiger partial charge in [0, 0.05) is 0 Å². The van der Waals surface area contributed by atoms with Crippen molar-refractivity contribution in [1.29, 1.82) is 0 Å². The first-order valence-electron chi connectivity index (χ1n) is 6.55. The predicted octanol–water partition coefficient (Wildman–Crippen LogP) is 3.27. The van der Waals surface area contributed by atoms with Gasteiger partial charge in [-0.15, -0.1) is 0 Å². The highest BCUT2D eigenvalue weighted by Crippen LogP contribution is 2.33. The van der Waals surface area contributed by atoms with E-state index in [1.54, 1.807) is 0 Å². The van der Waals surface area contributed by atoms with Crippen LogP contribution in [0.3, 0.4) is 0 Å². The summed E-state index contributed by atoms with van der Waals surface area (Å²) in [5.41, 5.74) is 2.66. The number of nitrogens with two attached hydrogens (primary N) is 1. The molecule has 21 heavy (non-hydrogen) atoms. The van der Waals surface area contributed by atoms with Gasteiger partial charge in [0.05, 0.1) is 9.92 Å². The molecule has 0 radical (unpaired) electrons. The van der Waals surface area contributed by atoms with Crippen LogP contribution in [0.25, 0.3) is 0 Å². The van der Waals surface area contributed by atoms with Gasteiger partial charge >= 0.3 is 0 Å². The van der Waals surface area contributed by atoms with E-state index in [-0.39, 0.29) is 9.92 Å². The average molecular weight is 324 g/mol. The van der Waals surface area contributed by atoms with Crippen molar-refractivity contribution in [2.75, 3.05) is 0 Å². The number of primary sulfonamides is 1. The molecular weight excluding hydrogens is 310 g/mol. The van der Waals surface area contributed by atoms with Gasteiger partial charge in [0.15, 0.2) is 0 Å². The zero-order valence-electron chi connectivity index (χ0n) is 11.2. The second-order valence-corrected chi connectivity index (χ2v) is 6.99. The fourth-order valence-corrected chi connectivity index (χ4v) is 3.30. The van der Waals surface area contributed by atoms with Crippen molar-refractivity contribution in [2.45, 2.75) is 24.2 Å². The molecule has 0 spiro atoms. The van der Waals surface area contributed by atoms with Gasteiger partial charge in [0.1, 0.15) is 11.5 Å². The normalized spacial score (nSPS) is 14.0. The number of benzene rings is 2. The fraction of sp³-hybridized carbons (Fsp3) is 0.200. The zero-order chi connectivity index (χ0) is 15.0. The zero-order valence-corrected chi connectivity index (χ0v) is 12.7. The topological polar surface area (TPSA) is 69.4 Å². The number of ether oxygens (including phenoxy) is 1. The Bertz CT molecular complexity index is 803. The molecule has 0 aromatic heterocycles. The standard InChI is InChI=1S/C15H14ClNO3S/c16-14-9-13(21(17,18)19)6-7-15(14)20-12-5-4-10-2-1-3-11(10)8-12/h4-9H,1-3H2,(H2,17,18,19). The SMILES string of the molecule is NS(=O)(=O)c1ccc(Oc2ccc3c(c2)CCC3)c(Cl)c1. The van der Waals surface area contributed by atoms with Crippen molar-refractivity contribution in [3.05, 3.63) is 52.5 Å². The minimum Gasteiger partial charge on any atom is -0.456 e. The maximum atomic E-state index is 11.3. The molecule has 0 aliphatic heterocycles. The van der Waals surface area contributed by atoms with E-state index in [1.807, 2.05) is 12.1 Å². The molecule has 0 amide bonds. The summed E-state index contributed by atoms with van der Waals surface area (Å²) < 4.78 is 28.3. The molecule has 110 valence electrons. The molecule has 0 unspecified atom stereocenters. The van der Waals surface area contributed by atoms with Gasteiger partial charge in [-0.2, -0.15) is 0 Å². The highest BCUT2D eigenvalue weighted by atomic mass is 35.5. The van der Waals surface area contributed by atoms with Crippen LogP contribution >= 0.6 is 11.6 Å². The second kappa shape index (κ2) is 5.33. The lowest BCUT2D eigenvalue weighted by Crippen LogP contribution is -2.11. The quantitative estimate of drug-likeness (QED) is 0.942. The van der Waals surface area contributed by atoms with Crippen LogP contribution < -0.4 is 9.88 Å². The Hall–Kier alpha value is -1.56. The maximum absolute atomic E-state index is 11.3. The van der Waals surface area contributed by atoms with E-state index in [9.17, 15) is 8.42 Å². The van der Waals surface area contributed by atoms with Crippen molar-refractivity contribution >= 4 is 21.6 Å². The van der Waals surface area contributed by atoms with E-state index in [4.69, 9.17) is 21.5 Å². The third kappa shape index (κ3) is 3.05. The minimum atomic E-state index is -3.76. The van der Waals surface area contributed by atoms with Crippen molar-refractivity contribution in [3.8, 4) is 11.5 Å². The molecule has 3 rings (SSSR count). The van der Waals surface area contributed by atoms with Crippen molar-refractivity contribution in [1.82, 2.24) is 0 Å². The van der Waals surface area contributed by atoms with E-state index < -0.39 is 10.0 Å². The van der Waals surface area contributed by atoms with E-state index in [2.05, 4.69) is 6.07 Å². The fourth-order valence-electron chi connectivity index (χ4n) is 2.48. The molecule has 2 aromatic rings. The molecular formula is C15H14ClNO3S. The molecule has 0 fully saturated rings. The Labute approximate surface area is 128 Å². The van der Waals surface area contributed by atoms with Gasteiger partial charge < -0.3 is 4.74 Å². The Morgan fingerprint density at radius 1 is 1.05 bits per heavy atom. The molecule has 0 saturated heterocycles. The van der Waals surface area contributed by atoms with Crippen LogP contribution in [0.1, 0.15) is 17.5 Å². The van der Waals surface area contributed by atoms with Gasteiger partial charge in [-0.1, -0.05) is 17.7 Å². The maximum Gasteiger partial charge on any atom is 0.238 e. The molecule has 2 N–H and O–H groups in total. The first-order valence-corrected chi connectivity index (χ1v) is 8.48. The molecule has 6 heteroatoms. The third-order valence-corrected chi connectivity index (χ3v) is 4.74. The van der Waals surface area contributed by atoms with Crippen molar-refractivity contribution in [2.24, 2.45) is 5.14 Å². The van der Waals surface area contributed by atoms with Gasteiger partial charge in [-0.05, 0) is 60.7 Å². The number of aryl methyl sites for hydroxylation is 2. The number of halogens is 1. The van der Waals surface area contributed by atoms with E-state index in [1.165, 1.54) is 35.7 Å². The summed E-state index contributed by atoms with van der Waals surface area (Å²) in [6.07, 6.45) is 3.34. The Balaban J connectivity index is 1.88. The summed E-state index contributed by atoms with van der Waals surface area (Å²) in [5.74, 6) is 1.10. The lowest BCUT2D eigenvalue weighted by atomic mass is 10.1. The molecule has 1 aliphatic rings. The molecule has 4 nitrogen and oxygen atoms in total. The highest BCUT2D eigenvalue weighted by molar-refractivity contribution is 7.89. The summed E-state index contributed by atoms with van der Waals surface area (Å²) >= 11 is 6.06. The van der Waals surface area contributed by atoms with Crippen LogP contribution in [0.2, 0.25) is 5.02 Å². The Morgan fingerprint density at radius 3 is 2.52 bits per heavy atom. The number of hydrogen-bond donors (Lipinski definition) is 1. The van der Waals surface area contributed by atoms with Gasteiger partial charge in [0.2, 0.25) is 10.0 Å². The van der Waals surface area contributed by atoms with Crippen LogP contribution in [0.15, 0.2) is 41.3 Å². The first-order chi connectivity index (χ1) is 9.93. The van der Waals surface area contributed by atoms with Crippen LogP contribution in [0, 0.1) is 0 Å². The summed E-state index contributed by atoms with van der Waals surface area (Å²) in [7, 11) is -3.76. The second-order valence-electron chi connectivity index (χ2n) is 5.02. The monoisotopic (exact) mass is 323 g/mol. The first kappa shape index (κ1) is 14.4. The highest BCUT2D eigenvalue weighted by Gasteiger charge is 2.14. The number of sulfonamides is 1. The van der Waals surface area contributed by atoms with E-state index in [0.717, 1.165) is 12.8 Å². The molecule has 1 aliphatic carbocycles. The van der Waals surface area contributed by atoms with Gasteiger partial charge in [0.25, 0.3) is 0 Å². The Kier molecular flexibility index (Phi) is 3.65. The minimum absolute atomic E-state index is 0.0335. The number of hydrogen-bond acceptors (Lipinski definition) is 3. The number of fused-ring (bicyclic) bond motifs is 1. The van der Waals surface area contributed by atoms with Crippen LogP contribution in [0.4, 0.5) is 0 Å². The van der Waals surface area contributed by atoms with Gasteiger partial charge in [-0.3, -0.25) is 0 Å². The predicted molar refractivity (Wildman–Crippen MR) is 81.4 cm³/mol. The van der Waals surface area contributed by atoms with E-state index in [0.29, 0.717) is 11.5 Å². The Morgan fingerprint density at radius 2 is 1.81 bits per heavy atom.